The molecule has 0 aliphatic carbocycles. The lowest BCUT2D eigenvalue weighted by atomic mass is 10.1. The average molecular weight is 421 g/mol. The summed E-state index contributed by atoms with van der Waals surface area (Å²) >= 11 is 6.19. The van der Waals surface area contributed by atoms with Gasteiger partial charge in [-0.2, -0.15) is 5.10 Å². The number of hydrogen-bond donors (Lipinski definition) is 1. The summed E-state index contributed by atoms with van der Waals surface area (Å²) in [7, 11) is 1.54. The number of aromatic nitrogens is 3. The smallest absolute Gasteiger partial charge is 0.256 e. The van der Waals surface area contributed by atoms with Gasteiger partial charge in [-0.1, -0.05) is 29.8 Å². The molecule has 0 aliphatic heterocycles. The maximum absolute atomic E-state index is 13.3. The van der Waals surface area contributed by atoms with Crippen molar-refractivity contribution >= 4 is 34.2 Å². The first-order valence-corrected chi connectivity index (χ1v) is 9.84. The molecule has 0 bridgehead atoms. The Morgan fingerprint density at radius 1 is 1.10 bits per heavy atom. The van der Waals surface area contributed by atoms with Crippen LogP contribution in [0, 0.1) is 20.8 Å². The van der Waals surface area contributed by atoms with Crippen LogP contribution in [0.4, 0.5) is 5.69 Å². The first-order valence-electron chi connectivity index (χ1n) is 9.47. The molecule has 0 saturated heterocycles. The minimum absolute atomic E-state index is 0.263. The SMILES string of the molecule is COc1cc(Cl)c(C)cc1NC(=O)c1cc(C)nc2c1c(C)nn2-c1ccccc1. The topological polar surface area (TPSA) is 69.0 Å². The fraction of sp³-hybridized carbons (Fsp3) is 0.174. The number of amides is 1. The Hall–Kier alpha value is -3.38. The van der Waals surface area contributed by atoms with Crippen molar-refractivity contribution in [3.8, 4) is 11.4 Å². The van der Waals surface area contributed by atoms with Crippen molar-refractivity contribution in [2.45, 2.75) is 20.8 Å². The van der Waals surface area contributed by atoms with Gasteiger partial charge in [0.1, 0.15) is 5.75 Å². The first kappa shape index (κ1) is 19.9. The van der Waals surface area contributed by atoms with E-state index in [-0.39, 0.29) is 5.91 Å². The number of carbonyl (C=O) groups is 1. The highest BCUT2D eigenvalue weighted by atomic mass is 35.5. The molecule has 0 fully saturated rings. The van der Waals surface area contributed by atoms with Gasteiger partial charge < -0.3 is 10.1 Å². The number of fused-ring (bicyclic) bond motifs is 1. The molecule has 6 nitrogen and oxygen atoms in total. The highest BCUT2D eigenvalue weighted by Crippen LogP contribution is 2.32. The predicted octanol–water partition coefficient (Wildman–Crippen LogP) is 5.26. The molecule has 2 aromatic heterocycles. The Morgan fingerprint density at radius 3 is 2.53 bits per heavy atom. The van der Waals surface area contributed by atoms with Crippen LogP contribution in [-0.4, -0.2) is 27.8 Å². The molecule has 4 aromatic rings. The van der Waals surface area contributed by atoms with E-state index in [2.05, 4.69) is 15.4 Å². The molecule has 2 aromatic carbocycles. The standard InChI is InChI=1S/C23H21ClN4O2/c1-13-10-19(20(30-4)12-18(13)24)26-23(29)17-11-14(2)25-22-21(17)15(3)27-28(22)16-8-6-5-7-9-16/h5-12H,1-4H3,(H,26,29). The number of pyridine rings is 1. The maximum Gasteiger partial charge on any atom is 0.256 e. The molecule has 0 unspecified atom stereocenters. The van der Waals surface area contributed by atoms with Gasteiger partial charge in [-0.15, -0.1) is 0 Å². The highest BCUT2D eigenvalue weighted by Gasteiger charge is 2.21. The number of methoxy groups -OCH3 is 1. The number of ether oxygens (including phenoxy) is 1. The van der Waals surface area contributed by atoms with E-state index in [0.29, 0.717) is 33.1 Å². The number of hydrogen-bond acceptors (Lipinski definition) is 4. The summed E-state index contributed by atoms with van der Waals surface area (Å²) in [6.07, 6.45) is 0. The molecule has 0 radical (unpaired) electrons. The van der Waals surface area contributed by atoms with Gasteiger partial charge in [-0.3, -0.25) is 4.79 Å². The fourth-order valence-electron chi connectivity index (χ4n) is 3.46. The number of carbonyl (C=O) groups excluding carboxylic acids is 1. The van der Waals surface area contributed by atoms with Gasteiger partial charge in [0.05, 0.1) is 35.1 Å². The molecule has 0 saturated carbocycles. The monoisotopic (exact) mass is 420 g/mol. The third kappa shape index (κ3) is 3.50. The van der Waals surface area contributed by atoms with Gasteiger partial charge in [-0.25, -0.2) is 9.67 Å². The zero-order chi connectivity index (χ0) is 21.4. The maximum atomic E-state index is 13.3. The zero-order valence-corrected chi connectivity index (χ0v) is 17.9. The van der Waals surface area contributed by atoms with Crippen LogP contribution in [0.5, 0.6) is 5.75 Å². The fourth-order valence-corrected chi connectivity index (χ4v) is 3.62. The molecule has 4 rings (SSSR count). The van der Waals surface area contributed by atoms with Crippen molar-refractivity contribution < 1.29 is 9.53 Å². The Bertz CT molecular complexity index is 1270. The number of nitrogens with one attached hydrogen (secondary N) is 1. The van der Waals surface area contributed by atoms with E-state index < -0.39 is 0 Å². The zero-order valence-electron chi connectivity index (χ0n) is 17.2. The average Bonchev–Trinajstić information content (AvgIpc) is 3.06. The third-order valence-electron chi connectivity index (χ3n) is 4.92. The van der Waals surface area contributed by atoms with Crippen molar-refractivity contribution in [1.29, 1.82) is 0 Å². The molecular weight excluding hydrogens is 400 g/mol. The Morgan fingerprint density at radius 2 is 1.83 bits per heavy atom. The third-order valence-corrected chi connectivity index (χ3v) is 5.32. The van der Waals surface area contributed by atoms with E-state index in [0.717, 1.165) is 22.6 Å². The van der Waals surface area contributed by atoms with Crippen LogP contribution in [0.25, 0.3) is 16.7 Å². The van der Waals surface area contributed by atoms with Crippen molar-refractivity contribution in [3.05, 3.63) is 76.1 Å². The second-order valence-electron chi connectivity index (χ2n) is 7.10. The molecule has 152 valence electrons. The van der Waals surface area contributed by atoms with Gasteiger partial charge in [0.15, 0.2) is 5.65 Å². The van der Waals surface area contributed by atoms with Crippen molar-refractivity contribution in [3.63, 3.8) is 0 Å². The van der Waals surface area contributed by atoms with Gasteiger partial charge in [-0.05, 0) is 50.6 Å². The summed E-state index contributed by atoms with van der Waals surface area (Å²) in [6, 6.07) is 15.0. The van der Waals surface area contributed by atoms with E-state index in [4.69, 9.17) is 16.3 Å². The predicted molar refractivity (Wildman–Crippen MR) is 119 cm³/mol. The normalized spacial score (nSPS) is 11.0. The first-order chi connectivity index (χ1) is 14.4. The second kappa shape index (κ2) is 7.80. The summed E-state index contributed by atoms with van der Waals surface area (Å²) in [5.74, 6) is 0.235. The van der Waals surface area contributed by atoms with Crippen LogP contribution in [0.15, 0.2) is 48.5 Å². The summed E-state index contributed by atoms with van der Waals surface area (Å²) < 4.78 is 7.15. The lowest BCUT2D eigenvalue weighted by Gasteiger charge is -2.13. The molecular formula is C23H21ClN4O2. The van der Waals surface area contributed by atoms with E-state index in [1.165, 1.54) is 0 Å². The largest absolute Gasteiger partial charge is 0.495 e. The number of para-hydroxylation sites is 1. The molecule has 7 heteroatoms. The number of halogens is 1. The molecule has 0 spiro atoms. The van der Waals surface area contributed by atoms with Gasteiger partial charge in [0.2, 0.25) is 0 Å². The Kier molecular flexibility index (Phi) is 5.18. The minimum atomic E-state index is -0.263. The summed E-state index contributed by atoms with van der Waals surface area (Å²) in [4.78, 5) is 17.9. The number of rotatable bonds is 4. The minimum Gasteiger partial charge on any atom is -0.495 e. The van der Waals surface area contributed by atoms with Crippen molar-refractivity contribution in [2.24, 2.45) is 0 Å². The van der Waals surface area contributed by atoms with Crippen LogP contribution in [0.2, 0.25) is 5.02 Å². The molecule has 0 aliphatic rings. The Labute approximate surface area is 179 Å². The van der Waals surface area contributed by atoms with Crippen LogP contribution in [-0.2, 0) is 0 Å². The second-order valence-corrected chi connectivity index (χ2v) is 7.51. The van der Waals surface area contributed by atoms with Crippen molar-refractivity contribution in [1.82, 2.24) is 14.8 Å². The number of aryl methyl sites for hydroxylation is 3. The van der Waals surface area contributed by atoms with E-state index >= 15 is 0 Å². The van der Waals surface area contributed by atoms with E-state index in [9.17, 15) is 4.79 Å². The highest BCUT2D eigenvalue weighted by molar-refractivity contribution is 6.31. The van der Waals surface area contributed by atoms with E-state index in [1.807, 2.05) is 51.1 Å². The summed E-state index contributed by atoms with van der Waals surface area (Å²) in [5, 5.41) is 8.89. The van der Waals surface area contributed by atoms with Gasteiger partial charge in [0, 0.05) is 16.8 Å². The van der Waals surface area contributed by atoms with Crippen LogP contribution < -0.4 is 10.1 Å². The lowest BCUT2D eigenvalue weighted by Crippen LogP contribution is -2.14. The van der Waals surface area contributed by atoms with Gasteiger partial charge in [0.25, 0.3) is 5.91 Å². The molecule has 1 amide bonds. The number of anilines is 1. The molecule has 1 N–H and O–H groups in total. The van der Waals surface area contributed by atoms with Gasteiger partial charge >= 0.3 is 0 Å². The van der Waals surface area contributed by atoms with Crippen LogP contribution in [0.3, 0.4) is 0 Å². The van der Waals surface area contributed by atoms with Crippen molar-refractivity contribution in [2.75, 3.05) is 12.4 Å². The molecule has 0 atom stereocenters. The quantitative estimate of drug-likeness (QED) is 0.489. The summed E-state index contributed by atoms with van der Waals surface area (Å²) in [5.41, 5.74) is 4.89. The molecule has 2 heterocycles. The van der Waals surface area contributed by atoms with E-state index in [1.54, 1.807) is 30.0 Å². The Balaban J connectivity index is 1.83. The van der Waals surface area contributed by atoms with Crippen LogP contribution in [0.1, 0.15) is 27.3 Å². The number of nitrogens with zero attached hydrogens (tertiary/aromatic N) is 3. The summed E-state index contributed by atoms with van der Waals surface area (Å²) in [6.45, 7) is 5.61. The lowest BCUT2D eigenvalue weighted by molar-refractivity contribution is 0.102. The van der Waals surface area contributed by atoms with Crippen LogP contribution >= 0.6 is 11.6 Å². The molecule has 30 heavy (non-hydrogen) atoms. The number of benzene rings is 2.